The van der Waals surface area contributed by atoms with Gasteiger partial charge in [-0.2, -0.15) is 0 Å². The highest BCUT2D eigenvalue weighted by Crippen LogP contribution is 2.17. The van der Waals surface area contributed by atoms with Crippen LogP contribution in [0, 0.1) is 6.92 Å². The van der Waals surface area contributed by atoms with E-state index in [2.05, 4.69) is 15.1 Å². The number of anilines is 1. The van der Waals surface area contributed by atoms with Crippen molar-refractivity contribution in [3.05, 3.63) is 53.7 Å². The molecule has 0 aliphatic rings. The Balaban J connectivity index is 2.17. The predicted octanol–water partition coefficient (Wildman–Crippen LogP) is 1.72. The number of aryl methyl sites for hydroxylation is 1. The molecule has 0 aliphatic carbocycles. The van der Waals surface area contributed by atoms with Gasteiger partial charge in [-0.05, 0) is 31.5 Å². The maximum atomic E-state index is 12.3. The lowest BCUT2D eigenvalue weighted by Crippen LogP contribution is -2.27. The number of nitrogens with two attached hydrogens (primary N) is 1. The van der Waals surface area contributed by atoms with E-state index >= 15 is 0 Å². The van der Waals surface area contributed by atoms with Crippen LogP contribution >= 0.6 is 0 Å². The third-order valence-electron chi connectivity index (χ3n) is 3.10. The highest BCUT2D eigenvalue weighted by Gasteiger charge is 2.18. The summed E-state index contributed by atoms with van der Waals surface area (Å²) in [5.41, 5.74) is 4.38. The summed E-state index contributed by atoms with van der Waals surface area (Å²) >= 11 is 0. The van der Waals surface area contributed by atoms with Crippen LogP contribution in [0.3, 0.4) is 0 Å². The van der Waals surface area contributed by atoms with Crippen LogP contribution in [0.2, 0.25) is 0 Å². The van der Waals surface area contributed by atoms with Crippen molar-refractivity contribution < 1.29 is 8.42 Å². The van der Waals surface area contributed by atoms with Gasteiger partial charge in [0.15, 0.2) is 0 Å². The molecule has 7 heteroatoms. The summed E-state index contributed by atoms with van der Waals surface area (Å²) in [7, 11) is -3.62. The lowest BCUT2D eigenvalue weighted by atomic mass is 10.1. The van der Waals surface area contributed by atoms with E-state index in [4.69, 9.17) is 5.84 Å². The Morgan fingerprint density at radius 3 is 2.33 bits per heavy atom. The second-order valence-electron chi connectivity index (χ2n) is 4.78. The number of aromatic nitrogens is 1. The minimum atomic E-state index is -3.62. The molecule has 1 unspecified atom stereocenters. The van der Waals surface area contributed by atoms with Crippen molar-refractivity contribution >= 4 is 15.8 Å². The van der Waals surface area contributed by atoms with Gasteiger partial charge < -0.3 is 5.43 Å². The molecule has 1 aromatic carbocycles. The van der Waals surface area contributed by atoms with E-state index < -0.39 is 10.0 Å². The fraction of sp³-hybridized carbons (Fsp3) is 0.214. The van der Waals surface area contributed by atoms with Crippen LogP contribution in [0.5, 0.6) is 0 Å². The molecule has 0 radical (unpaired) electrons. The Kier molecular flexibility index (Phi) is 4.56. The number of nitrogen functional groups attached to an aromatic ring is 1. The lowest BCUT2D eigenvalue weighted by Gasteiger charge is -2.15. The highest BCUT2D eigenvalue weighted by molar-refractivity contribution is 7.89. The van der Waals surface area contributed by atoms with Gasteiger partial charge in [0.2, 0.25) is 10.0 Å². The molecule has 112 valence electrons. The first-order valence-electron chi connectivity index (χ1n) is 6.44. The van der Waals surface area contributed by atoms with Crippen LogP contribution in [0.25, 0.3) is 0 Å². The SMILES string of the molecule is Cc1ccc(C(C)NS(=O)(=O)c2ccc(NN)nc2)cc1. The lowest BCUT2D eigenvalue weighted by molar-refractivity contribution is 0.566. The van der Waals surface area contributed by atoms with Crippen molar-refractivity contribution in [3.8, 4) is 0 Å². The topological polar surface area (TPSA) is 97.1 Å². The Bertz CT molecular complexity index is 697. The number of sulfonamides is 1. The van der Waals surface area contributed by atoms with E-state index in [1.807, 2.05) is 31.2 Å². The molecule has 2 aromatic rings. The number of benzene rings is 1. The Morgan fingerprint density at radius 2 is 1.81 bits per heavy atom. The molecular weight excluding hydrogens is 288 g/mol. The van der Waals surface area contributed by atoms with E-state index in [0.29, 0.717) is 5.82 Å². The third kappa shape index (κ3) is 3.78. The molecule has 1 heterocycles. The average molecular weight is 306 g/mol. The van der Waals surface area contributed by atoms with E-state index in [1.54, 1.807) is 6.92 Å². The van der Waals surface area contributed by atoms with Crippen LogP contribution in [-0.2, 0) is 10.0 Å². The minimum absolute atomic E-state index is 0.0976. The van der Waals surface area contributed by atoms with E-state index in [-0.39, 0.29) is 10.9 Å². The number of nitrogens with one attached hydrogen (secondary N) is 2. The van der Waals surface area contributed by atoms with Gasteiger partial charge >= 0.3 is 0 Å². The van der Waals surface area contributed by atoms with Crippen molar-refractivity contribution in [1.82, 2.24) is 9.71 Å². The van der Waals surface area contributed by atoms with Gasteiger partial charge in [-0.1, -0.05) is 29.8 Å². The predicted molar refractivity (Wildman–Crippen MR) is 82.0 cm³/mol. The molecule has 1 aromatic heterocycles. The summed E-state index contributed by atoms with van der Waals surface area (Å²) in [4.78, 5) is 4.00. The Hall–Kier alpha value is -1.96. The zero-order chi connectivity index (χ0) is 15.5. The number of hydrazine groups is 1. The summed E-state index contributed by atoms with van der Waals surface area (Å²) in [6.45, 7) is 3.78. The monoisotopic (exact) mass is 306 g/mol. The molecule has 4 N–H and O–H groups in total. The zero-order valence-corrected chi connectivity index (χ0v) is 12.7. The zero-order valence-electron chi connectivity index (χ0n) is 11.9. The maximum Gasteiger partial charge on any atom is 0.242 e. The largest absolute Gasteiger partial charge is 0.308 e. The van der Waals surface area contributed by atoms with Crippen LogP contribution < -0.4 is 16.0 Å². The molecule has 0 saturated carbocycles. The minimum Gasteiger partial charge on any atom is -0.308 e. The molecule has 2 rings (SSSR count). The van der Waals surface area contributed by atoms with Crippen molar-refractivity contribution in [2.75, 3.05) is 5.43 Å². The fourth-order valence-corrected chi connectivity index (χ4v) is 3.02. The van der Waals surface area contributed by atoms with Crippen molar-refractivity contribution in [3.63, 3.8) is 0 Å². The number of pyridine rings is 1. The van der Waals surface area contributed by atoms with Gasteiger partial charge in [0.05, 0.1) is 0 Å². The number of hydrogen-bond donors (Lipinski definition) is 3. The third-order valence-corrected chi connectivity index (χ3v) is 4.63. The molecule has 0 aliphatic heterocycles. The summed E-state index contributed by atoms with van der Waals surface area (Å²) in [6.07, 6.45) is 1.26. The number of nitrogens with zero attached hydrogens (tertiary/aromatic N) is 1. The van der Waals surface area contributed by atoms with Gasteiger partial charge in [0, 0.05) is 12.2 Å². The molecule has 6 nitrogen and oxygen atoms in total. The van der Waals surface area contributed by atoms with Crippen molar-refractivity contribution in [1.29, 1.82) is 0 Å². The summed E-state index contributed by atoms with van der Waals surface area (Å²) in [6, 6.07) is 10.3. The van der Waals surface area contributed by atoms with E-state index in [0.717, 1.165) is 11.1 Å². The first kappa shape index (κ1) is 15.4. The average Bonchev–Trinajstić information content (AvgIpc) is 2.47. The first-order chi connectivity index (χ1) is 9.92. The fourth-order valence-electron chi connectivity index (χ4n) is 1.85. The Morgan fingerprint density at radius 1 is 1.14 bits per heavy atom. The standard InChI is InChI=1S/C14H18N4O2S/c1-10-3-5-12(6-4-10)11(2)18-21(19,20)13-7-8-14(17-15)16-9-13/h3-9,11,18H,15H2,1-2H3,(H,16,17). The number of hydrogen-bond acceptors (Lipinski definition) is 5. The van der Waals surface area contributed by atoms with Crippen molar-refractivity contribution in [2.45, 2.75) is 24.8 Å². The van der Waals surface area contributed by atoms with Crippen LogP contribution in [0.4, 0.5) is 5.82 Å². The van der Waals surface area contributed by atoms with Gasteiger partial charge in [-0.3, -0.25) is 0 Å². The Labute approximate surface area is 124 Å². The second kappa shape index (κ2) is 6.21. The quantitative estimate of drug-likeness (QED) is 0.577. The van der Waals surface area contributed by atoms with Gasteiger partial charge in [0.25, 0.3) is 0 Å². The van der Waals surface area contributed by atoms with E-state index in [9.17, 15) is 8.42 Å². The van der Waals surface area contributed by atoms with Gasteiger partial charge in [0.1, 0.15) is 10.7 Å². The molecule has 1 atom stereocenters. The van der Waals surface area contributed by atoms with Crippen molar-refractivity contribution in [2.24, 2.45) is 5.84 Å². The molecule has 0 amide bonds. The highest BCUT2D eigenvalue weighted by atomic mass is 32.2. The van der Waals surface area contributed by atoms with Crippen LogP contribution in [0.1, 0.15) is 24.1 Å². The second-order valence-corrected chi connectivity index (χ2v) is 6.49. The van der Waals surface area contributed by atoms with Gasteiger partial charge in [-0.25, -0.2) is 24.0 Å². The molecule has 21 heavy (non-hydrogen) atoms. The van der Waals surface area contributed by atoms with Gasteiger partial charge in [-0.15, -0.1) is 0 Å². The first-order valence-corrected chi connectivity index (χ1v) is 7.92. The maximum absolute atomic E-state index is 12.3. The smallest absolute Gasteiger partial charge is 0.242 e. The van der Waals surface area contributed by atoms with Crippen LogP contribution in [-0.4, -0.2) is 13.4 Å². The molecule has 0 fully saturated rings. The van der Waals surface area contributed by atoms with E-state index in [1.165, 1.54) is 18.3 Å². The molecule has 0 spiro atoms. The summed E-state index contributed by atoms with van der Waals surface area (Å²) in [5.74, 6) is 5.60. The summed E-state index contributed by atoms with van der Waals surface area (Å²) < 4.78 is 27.2. The molecule has 0 bridgehead atoms. The van der Waals surface area contributed by atoms with Crippen LogP contribution in [0.15, 0.2) is 47.5 Å². The number of rotatable bonds is 5. The molecule has 0 saturated heterocycles. The molecular formula is C14H18N4O2S. The summed E-state index contributed by atoms with van der Waals surface area (Å²) in [5, 5.41) is 0. The normalized spacial score (nSPS) is 12.9.